The first-order valence-corrected chi connectivity index (χ1v) is 13.9. The van der Waals surface area contributed by atoms with E-state index in [-0.39, 0.29) is 52.9 Å². The minimum atomic E-state index is -1.18. The van der Waals surface area contributed by atoms with E-state index in [4.69, 9.17) is 14.7 Å². The molecule has 0 radical (unpaired) electrons. The molecule has 4 heterocycles. The molecular weight excluding hydrogens is 568 g/mol. The van der Waals surface area contributed by atoms with E-state index in [1.807, 2.05) is 18.4 Å². The fraction of sp³-hybridized carbons (Fsp3) is 0.242. The van der Waals surface area contributed by atoms with Crippen LogP contribution in [0.15, 0.2) is 66.9 Å². The largest absolute Gasteiger partial charge is 0.477 e. The number of imidazole rings is 1. The van der Waals surface area contributed by atoms with E-state index in [1.54, 1.807) is 42.5 Å². The van der Waals surface area contributed by atoms with Gasteiger partial charge in [-0.25, -0.2) is 28.5 Å². The molecule has 1 saturated heterocycles. The number of benzene rings is 2. The molecule has 1 unspecified atom stereocenters. The van der Waals surface area contributed by atoms with Gasteiger partial charge in [-0.3, -0.25) is 0 Å². The number of carboxylic acids is 1. The Bertz CT molecular complexity index is 1930. The van der Waals surface area contributed by atoms with Crippen LogP contribution >= 0.6 is 0 Å². The van der Waals surface area contributed by atoms with Crippen LogP contribution in [0.25, 0.3) is 22.3 Å². The van der Waals surface area contributed by atoms with Gasteiger partial charge in [0.15, 0.2) is 0 Å². The van der Waals surface area contributed by atoms with Crippen molar-refractivity contribution in [1.82, 2.24) is 19.5 Å². The molecule has 5 aromatic rings. The number of aromatic carboxylic acids is 1. The number of rotatable bonds is 8. The molecule has 222 valence electrons. The van der Waals surface area contributed by atoms with Crippen LogP contribution in [0.5, 0.6) is 5.88 Å². The van der Waals surface area contributed by atoms with Crippen molar-refractivity contribution >= 4 is 17.0 Å². The van der Waals surface area contributed by atoms with Crippen LogP contribution in [0, 0.1) is 28.4 Å². The van der Waals surface area contributed by atoms with Gasteiger partial charge in [-0.15, -0.1) is 0 Å². The van der Waals surface area contributed by atoms with Gasteiger partial charge in [0.25, 0.3) is 0 Å². The summed E-state index contributed by atoms with van der Waals surface area (Å²) in [6, 6.07) is 17.3. The third-order valence-electron chi connectivity index (χ3n) is 7.79. The second-order valence-electron chi connectivity index (χ2n) is 11.3. The molecule has 2 aromatic carbocycles. The molecule has 9 nitrogen and oxygen atoms in total. The van der Waals surface area contributed by atoms with Crippen molar-refractivity contribution in [1.29, 1.82) is 5.26 Å². The number of hydrogen-bond donors (Lipinski definition) is 1. The van der Waals surface area contributed by atoms with E-state index in [9.17, 15) is 9.90 Å². The highest BCUT2D eigenvalue weighted by atomic mass is 19.1. The van der Waals surface area contributed by atoms with Gasteiger partial charge in [-0.1, -0.05) is 32.0 Å². The first kappa shape index (κ1) is 28.9. The van der Waals surface area contributed by atoms with Crippen LogP contribution in [0.2, 0.25) is 0 Å². The molecule has 1 N–H and O–H groups in total. The number of hydrogen-bond acceptors (Lipinski definition) is 7. The zero-order chi connectivity index (χ0) is 31.0. The van der Waals surface area contributed by atoms with Gasteiger partial charge in [0.1, 0.15) is 35.3 Å². The predicted molar refractivity (Wildman–Crippen MR) is 156 cm³/mol. The second-order valence-corrected chi connectivity index (χ2v) is 11.3. The fourth-order valence-corrected chi connectivity index (χ4v) is 5.39. The Balaban J connectivity index is 1.30. The summed E-state index contributed by atoms with van der Waals surface area (Å²) in [5.74, 6) is -1.81. The summed E-state index contributed by atoms with van der Waals surface area (Å²) in [5, 5.41) is 18.5. The molecule has 1 fully saturated rings. The Kier molecular flexibility index (Phi) is 7.53. The maximum Gasteiger partial charge on any atom is 0.354 e. The van der Waals surface area contributed by atoms with Crippen LogP contribution in [-0.2, 0) is 17.8 Å². The van der Waals surface area contributed by atoms with Crippen molar-refractivity contribution in [3.05, 3.63) is 107 Å². The molecule has 1 aliphatic heterocycles. The topological polar surface area (TPSA) is 123 Å². The molecular formula is C33H27F2N5O4. The lowest BCUT2D eigenvalue weighted by atomic mass is 9.87. The Morgan fingerprint density at radius 1 is 1.14 bits per heavy atom. The van der Waals surface area contributed by atoms with Gasteiger partial charge in [0.2, 0.25) is 5.88 Å². The Labute approximate surface area is 251 Å². The summed E-state index contributed by atoms with van der Waals surface area (Å²) in [7, 11) is 0. The number of nitrogens with zero attached hydrogens (tertiary/aromatic N) is 5. The van der Waals surface area contributed by atoms with E-state index in [0.29, 0.717) is 35.6 Å². The summed E-state index contributed by atoms with van der Waals surface area (Å²) in [6.45, 7) is 5.09. The zero-order valence-electron chi connectivity index (χ0n) is 23.9. The Morgan fingerprint density at radius 2 is 1.93 bits per heavy atom. The van der Waals surface area contributed by atoms with Crippen LogP contribution in [0.4, 0.5) is 8.78 Å². The Morgan fingerprint density at radius 3 is 2.64 bits per heavy atom. The Hall–Kier alpha value is -5.21. The molecule has 1 atom stereocenters. The highest BCUT2D eigenvalue weighted by Crippen LogP contribution is 2.40. The molecule has 0 aliphatic carbocycles. The highest BCUT2D eigenvalue weighted by molar-refractivity contribution is 5.90. The number of ether oxygens (including phenoxy) is 2. The maximum atomic E-state index is 15.6. The van der Waals surface area contributed by atoms with Gasteiger partial charge < -0.3 is 19.1 Å². The van der Waals surface area contributed by atoms with Crippen molar-refractivity contribution in [2.45, 2.75) is 32.9 Å². The SMILES string of the molecule is CC1(C)COCC1n1c(Cc2cc(F)c(-c3cccc(OCc4ccc(C#N)cc4)n3)cc2F)nc2cnc(C(=O)O)cc21. The molecule has 6 rings (SSSR count). The smallest absolute Gasteiger partial charge is 0.354 e. The summed E-state index contributed by atoms with van der Waals surface area (Å²) >= 11 is 0. The van der Waals surface area contributed by atoms with Gasteiger partial charge in [-0.2, -0.15) is 5.26 Å². The van der Waals surface area contributed by atoms with Crippen molar-refractivity contribution in [2.75, 3.05) is 13.2 Å². The number of aromatic nitrogens is 4. The average Bonchev–Trinajstić information content (AvgIpc) is 3.55. The molecule has 1 aliphatic rings. The van der Waals surface area contributed by atoms with Crippen molar-refractivity contribution in [3.8, 4) is 23.2 Å². The molecule has 0 bridgehead atoms. The van der Waals surface area contributed by atoms with E-state index in [1.165, 1.54) is 12.3 Å². The van der Waals surface area contributed by atoms with Crippen molar-refractivity contribution in [2.24, 2.45) is 5.41 Å². The number of nitriles is 1. The number of pyridine rings is 2. The van der Waals surface area contributed by atoms with Crippen molar-refractivity contribution in [3.63, 3.8) is 0 Å². The third-order valence-corrected chi connectivity index (χ3v) is 7.79. The van der Waals surface area contributed by atoms with E-state index < -0.39 is 17.6 Å². The summed E-state index contributed by atoms with van der Waals surface area (Å²) in [6.07, 6.45) is 1.33. The minimum absolute atomic E-state index is 0.0239. The molecule has 0 amide bonds. The van der Waals surface area contributed by atoms with Gasteiger partial charge >= 0.3 is 5.97 Å². The van der Waals surface area contributed by atoms with Crippen molar-refractivity contribution < 1.29 is 28.2 Å². The first-order chi connectivity index (χ1) is 21.1. The minimum Gasteiger partial charge on any atom is -0.477 e. The number of carbonyl (C=O) groups is 1. The van der Waals surface area contributed by atoms with Crippen LogP contribution < -0.4 is 4.74 Å². The highest BCUT2D eigenvalue weighted by Gasteiger charge is 2.39. The quantitative estimate of drug-likeness (QED) is 0.228. The molecule has 3 aromatic heterocycles. The van der Waals surface area contributed by atoms with Crippen LogP contribution in [0.1, 0.15) is 52.9 Å². The van der Waals surface area contributed by atoms with Gasteiger partial charge in [0, 0.05) is 23.5 Å². The third kappa shape index (κ3) is 5.59. The molecule has 11 heteroatoms. The summed E-state index contributed by atoms with van der Waals surface area (Å²) in [4.78, 5) is 24.7. The fourth-order valence-electron chi connectivity index (χ4n) is 5.39. The zero-order valence-corrected chi connectivity index (χ0v) is 23.9. The lowest BCUT2D eigenvalue weighted by molar-refractivity contribution is 0.0690. The van der Waals surface area contributed by atoms with Gasteiger partial charge in [0.05, 0.1) is 48.3 Å². The number of carboxylic acid groups (broad SMARTS) is 1. The van der Waals surface area contributed by atoms with E-state index in [2.05, 4.69) is 21.0 Å². The lowest BCUT2D eigenvalue weighted by Crippen LogP contribution is -2.27. The number of halogens is 2. The average molecular weight is 596 g/mol. The monoisotopic (exact) mass is 595 g/mol. The summed E-state index contributed by atoms with van der Waals surface area (Å²) < 4.78 is 44.6. The second kappa shape index (κ2) is 11.5. The lowest BCUT2D eigenvalue weighted by Gasteiger charge is -2.28. The van der Waals surface area contributed by atoms with Crippen LogP contribution in [-0.4, -0.2) is 43.8 Å². The first-order valence-electron chi connectivity index (χ1n) is 13.9. The normalized spacial score (nSPS) is 15.8. The van der Waals surface area contributed by atoms with Crippen LogP contribution in [0.3, 0.4) is 0 Å². The van der Waals surface area contributed by atoms with E-state index in [0.717, 1.165) is 17.7 Å². The van der Waals surface area contributed by atoms with E-state index >= 15 is 8.78 Å². The molecule has 0 saturated carbocycles. The number of fused-ring (bicyclic) bond motifs is 1. The molecule has 44 heavy (non-hydrogen) atoms. The standard InChI is InChI=1S/C33H27F2N5O4/c1-33(2)18-43-17-29(33)40-28-13-26(32(41)42)37-15-27(28)38-30(40)11-21-10-24(35)22(12-23(21)34)25-4-3-5-31(39-25)44-16-20-8-6-19(14-36)7-9-20/h3-10,12-13,15,29H,11,16-18H2,1-2H3,(H,41,42). The molecule has 0 spiro atoms. The maximum absolute atomic E-state index is 15.6. The predicted octanol–water partition coefficient (Wildman–Crippen LogP) is 6.11. The van der Waals surface area contributed by atoms with Gasteiger partial charge in [-0.05, 0) is 47.5 Å². The summed E-state index contributed by atoms with van der Waals surface area (Å²) in [5.41, 5.74) is 2.15.